The SMILES string of the molecule is COC(=O)[C@@H](Cc1ccc(OCc2ccccc2)cc1)NC(=O)c1cc(F)cc(F)c1. The number of halogens is 2. The van der Waals surface area contributed by atoms with Gasteiger partial charge in [0.25, 0.3) is 5.91 Å². The maximum Gasteiger partial charge on any atom is 0.328 e. The van der Waals surface area contributed by atoms with Gasteiger partial charge in [0.05, 0.1) is 7.11 Å². The molecule has 1 atom stereocenters. The molecule has 0 aliphatic carbocycles. The molecule has 0 saturated heterocycles. The topological polar surface area (TPSA) is 64.6 Å². The molecule has 0 radical (unpaired) electrons. The first-order valence-electron chi connectivity index (χ1n) is 9.55. The number of hydrogen-bond acceptors (Lipinski definition) is 4. The quantitative estimate of drug-likeness (QED) is 0.553. The Hall–Kier alpha value is -3.74. The molecule has 0 spiro atoms. The van der Waals surface area contributed by atoms with Crippen LogP contribution in [0.15, 0.2) is 72.8 Å². The van der Waals surface area contributed by atoms with E-state index in [1.54, 1.807) is 24.3 Å². The maximum atomic E-state index is 13.4. The van der Waals surface area contributed by atoms with E-state index < -0.39 is 29.6 Å². The van der Waals surface area contributed by atoms with E-state index in [1.165, 1.54) is 7.11 Å². The van der Waals surface area contributed by atoms with Crippen molar-refractivity contribution in [3.63, 3.8) is 0 Å². The molecule has 31 heavy (non-hydrogen) atoms. The fourth-order valence-electron chi connectivity index (χ4n) is 2.96. The molecular formula is C24H21F2NO4. The third kappa shape index (κ3) is 6.37. The minimum Gasteiger partial charge on any atom is -0.489 e. The van der Waals surface area contributed by atoms with Crippen LogP contribution in [-0.2, 0) is 22.6 Å². The van der Waals surface area contributed by atoms with Gasteiger partial charge in [-0.25, -0.2) is 13.6 Å². The molecule has 3 aromatic rings. The van der Waals surface area contributed by atoms with Gasteiger partial charge in [-0.1, -0.05) is 42.5 Å². The molecule has 3 aromatic carbocycles. The molecule has 0 heterocycles. The summed E-state index contributed by atoms with van der Waals surface area (Å²) in [4.78, 5) is 24.5. The van der Waals surface area contributed by atoms with Gasteiger partial charge in [0.2, 0.25) is 0 Å². The lowest BCUT2D eigenvalue weighted by Crippen LogP contribution is -2.43. The minimum atomic E-state index is -1.03. The van der Waals surface area contributed by atoms with E-state index in [2.05, 4.69) is 5.32 Å². The van der Waals surface area contributed by atoms with Crippen LogP contribution in [0.3, 0.4) is 0 Å². The zero-order valence-corrected chi connectivity index (χ0v) is 16.8. The average molecular weight is 425 g/mol. The van der Waals surface area contributed by atoms with Crippen LogP contribution in [0.25, 0.3) is 0 Å². The van der Waals surface area contributed by atoms with Crippen LogP contribution in [0.4, 0.5) is 8.78 Å². The summed E-state index contributed by atoms with van der Waals surface area (Å²) in [5, 5.41) is 2.47. The second kappa shape index (κ2) is 10.3. The number of carbonyl (C=O) groups excluding carboxylic acids is 2. The van der Waals surface area contributed by atoms with Gasteiger partial charge in [0.1, 0.15) is 30.0 Å². The standard InChI is InChI=1S/C24H21F2NO4/c1-30-24(29)22(27-23(28)18-12-19(25)14-20(26)13-18)11-16-7-9-21(10-8-16)31-15-17-5-3-2-4-6-17/h2-10,12-14,22H,11,15H2,1H3,(H,27,28)/t22-/m1/s1. The summed E-state index contributed by atoms with van der Waals surface area (Å²) in [6.07, 6.45) is 0.134. The van der Waals surface area contributed by atoms with Crippen LogP contribution < -0.4 is 10.1 Å². The Kier molecular flexibility index (Phi) is 7.32. The highest BCUT2D eigenvalue weighted by molar-refractivity contribution is 5.96. The number of esters is 1. The molecule has 1 N–H and O–H groups in total. The molecule has 5 nitrogen and oxygen atoms in total. The number of ether oxygens (including phenoxy) is 2. The molecule has 0 bridgehead atoms. The fraction of sp³-hybridized carbons (Fsp3) is 0.167. The highest BCUT2D eigenvalue weighted by atomic mass is 19.1. The van der Waals surface area contributed by atoms with Crippen molar-refractivity contribution in [1.82, 2.24) is 5.32 Å². The van der Waals surface area contributed by atoms with Crippen LogP contribution >= 0.6 is 0 Å². The number of amides is 1. The number of nitrogens with one attached hydrogen (secondary N) is 1. The van der Waals surface area contributed by atoms with Gasteiger partial charge >= 0.3 is 5.97 Å². The van der Waals surface area contributed by atoms with E-state index in [1.807, 2.05) is 30.3 Å². The third-order valence-corrected chi connectivity index (χ3v) is 4.53. The second-order valence-electron chi connectivity index (χ2n) is 6.83. The van der Waals surface area contributed by atoms with E-state index in [0.29, 0.717) is 18.4 Å². The number of rotatable bonds is 8. The summed E-state index contributed by atoms with van der Waals surface area (Å²) < 4.78 is 37.3. The van der Waals surface area contributed by atoms with Gasteiger partial charge in [-0.05, 0) is 35.4 Å². The van der Waals surface area contributed by atoms with Gasteiger partial charge in [0.15, 0.2) is 0 Å². The number of carbonyl (C=O) groups is 2. The Labute approximate surface area is 178 Å². The first-order valence-corrected chi connectivity index (χ1v) is 9.55. The number of methoxy groups -OCH3 is 1. The fourth-order valence-corrected chi connectivity index (χ4v) is 2.96. The molecule has 0 aliphatic heterocycles. The van der Waals surface area contributed by atoms with Crippen molar-refractivity contribution in [2.45, 2.75) is 19.1 Å². The summed E-state index contributed by atoms with van der Waals surface area (Å²) in [6.45, 7) is 0.422. The van der Waals surface area contributed by atoms with E-state index >= 15 is 0 Å². The molecule has 0 saturated carbocycles. The summed E-state index contributed by atoms with van der Waals surface area (Å²) >= 11 is 0. The van der Waals surface area contributed by atoms with E-state index in [4.69, 9.17) is 9.47 Å². The average Bonchev–Trinajstić information content (AvgIpc) is 2.77. The molecule has 3 rings (SSSR count). The molecule has 0 aromatic heterocycles. The van der Waals surface area contributed by atoms with Crippen LogP contribution in [-0.4, -0.2) is 25.0 Å². The Balaban J connectivity index is 1.65. The van der Waals surface area contributed by atoms with Crippen LogP contribution in [0, 0.1) is 11.6 Å². The highest BCUT2D eigenvalue weighted by Gasteiger charge is 2.23. The normalized spacial score (nSPS) is 11.5. The molecule has 0 fully saturated rings. The first kappa shape index (κ1) is 22.0. The second-order valence-corrected chi connectivity index (χ2v) is 6.83. The van der Waals surface area contributed by atoms with Crippen molar-refractivity contribution >= 4 is 11.9 Å². The van der Waals surface area contributed by atoms with Crippen molar-refractivity contribution in [1.29, 1.82) is 0 Å². The lowest BCUT2D eigenvalue weighted by molar-refractivity contribution is -0.142. The zero-order valence-electron chi connectivity index (χ0n) is 16.8. The van der Waals surface area contributed by atoms with Crippen LogP contribution in [0.1, 0.15) is 21.5 Å². The van der Waals surface area contributed by atoms with E-state index in [-0.39, 0.29) is 12.0 Å². The Morgan fingerprint density at radius 2 is 1.55 bits per heavy atom. The van der Waals surface area contributed by atoms with Gasteiger partial charge in [-0.3, -0.25) is 4.79 Å². The van der Waals surface area contributed by atoms with E-state index in [9.17, 15) is 18.4 Å². The zero-order chi connectivity index (χ0) is 22.2. The minimum absolute atomic E-state index is 0.134. The van der Waals surface area contributed by atoms with Crippen molar-refractivity contribution in [2.24, 2.45) is 0 Å². The third-order valence-electron chi connectivity index (χ3n) is 4.53. The molecule has 0 unspecified atom stereocenters. The summed E-state index contributed by atoms with van der Waals surface area (Å²) in [7, 11) is 1.20. The summed E-state index contributed by atoms with van der Waals surface area (Å²) in [6, 6.07) is 18.2. The first-order chi connectivity index (χ1) is 14.9. The summed E-state index contributed by atoms with van der Waals surface area (Å²) in [5.41, 5.74) is 1.55. The Morgan fingerprint density at radius 1 is 0.903 bits per heavy atom. The Bertz CT molecular complexity index is 1020. The lowest BCUT2D eigenvalue weighted by Gasteiger charge is -2.17. The number of benzene rings is 3. The van der Waals surface area contributed by atoms with Crippen molar-refractivity contribution in [3.05, 3.63) is 101 Å². The van der Waals surface area contributed by atoms with Gasteiger partial charge < -0.3 is 14.8 Å². The van der Waals surface area contributed by atoms with Crippen molar-refractivity contribution < 1.29 is 27.8 Å². The van der Waals surface area contributed by atoms with Crippen molar-refractivity contribution in [3.8, 4) is 5.75 Å². The van der Waals surface area contributed by atoms with Crippen LogP contribution in [0.5, 0.6) is 5.75 Å². The predicted octanol–water partition coefficient (Wildman–Crippen LogP) is 4.06. The molecule has 0 aliphatic rings. The number of hydrogen-bond donors (Lipinski definition) is 1. The smallest absolute Gasteiger partial charge is 0.328 e. The molecule has 1 amide bonds. The Morgan fingerprint density at radius 3 is 2.16 bits per heavy atom. The van der Waals surface area contributed by atoms with Gasteiger partial charge in [0, 0.05) is 18.1 Å². The maximum absolute atomic E-state index is 13.4. The van der Waals surface area contributed by atoms with E-state index in [0.717, 1.165) is 23.3 Å². The molecular weight excluding hydrogens is 404 g/mol. The molecule has 160 valence electrons. The monoisotopic (exact) mass is 425 g/mol. The predicted molar refractivity (Wildman–Crippen MR) is 111 cm³/mol. The highest BCUT2D eigenvalue weighted by Crippen LogP contribution is 2.16. The lowest BCUT2D eigenvalue weighted by atomic mass is 10.0. The van der Waals surface area contributed by atoms with Crippen LogP contribution in [0.2, 0.25) is 0 Å². The largest absolute Gasteiger partial charge is 0.489 e. The molecule has 7 heteroatoms. The van der Waals surface area contributed by atoms with Crippen molar-refractivity contribution in [2.75, 3.05) is 7.11 Å². The van der Waals surface area contributed by atoms with Gasteiger partial charge in [-0.15, -0.1) is 0 Å². The van der Waals surface area contributed by atoms with Gasteiger partial charge in [-0.2, -0.15) is 0 Å². The summed E-state index contributed by atoms with van der Waals surface area (Å²) in [5.74, 6) is -2.57.